The number of para-hydroxylation sites is 1. The summed E-state index contributed by atoms with van der Waals surface area (Å²) in [5, 5.41) is 19.1. The summed E-state index contributed by atoms with van der Waals surface area (Å²) < 4.78 is 0. The van der Waals surface area contributed by atoms with Gasteiger partial charge < -0.3 is 4.98 Å². The number of benzene rings is 2. The molecule has 0 aliphatic carbocycles. The van der Waals surface area contributed by atoms with Crippen LogP contribution in [0.15, 0.2) is 54.1 Å². The maximum atomic E-state index is 12.8. The normalized spacial score (nSPS) is 11.0. The molecule has 114 valence electrons. The largest absolute Gasteiger partial charge is 0.358 e. The van der Waals surface area contributed by atoms with Crippen LogP contribution < -0.4 is 0 Å². The molecule has 3 rings (SSSR count). The Bertz CT molecular complexity index is 1040. The number of nitrogens with one attached hydrogen (secondary N) is 1. The molecule has 4 heteroatoms. The van der Waals surface area contributed by atoms with Crippen LogP contribution in [0.5, 0.6) is 0 Å². The third-order valence-electron chi connectivity index (χ3n) is 3.84. The molecule has 0 atom stereocenters. The SMILES string of the molecule is Cc1[nH]c2ccccc2c1C(=O)/C(C#N)=C/c1ccc(C#N)cc1. The maximum Gasteiger partial charge on any atom is 0.205 e. The van der Waals surface area contributed by atoms with Crippen LogP contribution in [0.4, 0.5) is 0 Å². The Morgan fingerprint density at radius 3 is 2.46 bits per heavy atom. The monoisotopic (exact) mass is 311 g/mol. The molecule has 0 unspecified atom stereocenters. The zero-order chi connectivity index (χ0) is 17.1. The third-order valence-corrected chi connectivity index (χ3v) is 3.84. The van der Waals surface area contributed by atoms with Gasteiger partial charge in [-0.3, -0.25) is 4.79 Å². The van der Waals surface area contributed by atoms with Crippen LogP contribution in [0, 0.1) is 29.6 Å². The number of fused-ring (bicyclic) bond motifs is 1. The van der Waals surface area contributed by atoms with Gasteiger partial charge in [0, 0.05) is 16.6 Å². The van der Waals surface area contributed by atoms with Crippen molar-refractivity contribution in [1.29, 1.82) is 10.5 Å². The van der Waals surface area contributed by atoms with Crippen LogP contribution in [-0.4, -0.2) is 10.8 Å². The van der Waals surface area contributed by atoms with Gasteiger partial charge in [0.2, 0.25) is 5.78 Å². The topological polar surface area (TPSA) is 80.4 Å². The molecule has 0 fully saturated rings. The van der Waals surface area contributed by atoms with E-state index in [4.69, 9.17) is 5.26 Å². The second kappa shape index (κ2) is 6.24. The Labute approximate surface area is 139 Å². The summed E-state index contributed by atoms with van der Waals surface area (Å²) in [7, 11) is 0. The number of ketones is 1. The predicted molar refractivity (Wildman–Crippen MR) is 92.1 cm³/mol. The summed E-state index contributed by atoms with van der Waals surface area (Å²) in [6, 6.07) is 18.3. The Morgan fingerprint density at radius 2 is 1.79 bits per heavy atom. The van der Waals surface area contributed by atoms with Crippen LogP contribution >= 0.6 is 0 Å². The van der Waals surface area contributed by atoms with Crippen molar-refractivity contribution < 1.29 is 4.79 Å². The smallest absolute Gasteiger partial charge is 0.205 e. The summed E-state index contributed by atoms with van der Waals surface area (Å²) in [6.07, 6.45) is 1.55. The molecule has 3 aromatic rings. The quantitative estimate of drug-likeness (QED) is 0.448. The first kappa shape index (κ1) is 15.3. The van der Waals surface area contributed by atoms with E-state index in [0.717, 1.165) is 16.6 Å². The Balaban J connectivity index is 2.05. The number of aromatic amines is 1. The highest BCUT2D eigenvalue weighted by Crippen LogP contribution is 2.25. The van der Waals surface area contributed by atoms with Crippen molar-refractivity contribution >= 4 is 22.8 Å². The number of H-pyrrole nitrogens is 1. The third kappa shape index (κ3) is 2.69. The molecule has 1 aromatic heterocycles. The summed E-state index contributed by atoms with van der Waals surface area (Å²) in [5.41, 5.74) is 3.43. The van der Waals surface area contributed by atoms with Gasteiger partial charge in [-0.25, -0.2) is 0 Å². The molecule has 0 amide bonds. The lowest BCUT2D eigenvalue weighted by Crippen LogP contribution is -2.03. The van der Waals surface area contributed by atoms with Crippen LogP contribution in [-0.2, 0) is 0 Å². The van der Waals surface area contributed by atoms with Gasteiger partial charge in [-0.2, -0.15) is 10.5 Å². The summed E-state index contributed by atoms with van der Waals surface area (Å²) in [4.78, 5) is 16.0. The number of nitrogens with zero attached hydrogens (tertiary/aromatic N) is 2. The molecule has 1 N–H and O–H groups in total. The van der Waals surface area contributed by atoms with Crippen molar-refractivity contribution in [3.8, 4) is 12.1 Å². The number of nitriles is 2. The van der Waals surface area contributed by atoms with Crippen molar-refractivity contribution in [3.63, 3.8) is 0 Å². The number of carbonyl (C=O) groups is 1. The van der Waals surface area contributed by atoms with Gasteiger partial charge in [-0.15, -0.1) is 0 Å². The van der Waals surface area contributed by atoms with Crippen molar-refractivity contribution in [2.24, 2.45) is 0 Å². The van der Waals surface area contributed by atoms with E-state index in [2.05, 4.69) is 4.98 Å². The van der Waals surface area contributed by atoms with Gasteiger partial charge in [0.25, 0.3) is 0 Å². The second-order valence-corrected chi connectivity index (χ2v) is 5.40. The minimum atomic E-state index is -0.309. The lowest BCUT2D eigenvalue weighted by molar-refractivity contribution is 0.104. The average Bonchev–Trinajstić information content (AvgIpc) is 2.95. The van der Waals surface area contributed by atoms with E-state index in [1.54, 1.807) is 30.3 Å². The predicted octanol–water partition coefficient (Wildman–Crippen LogP) is 4.14. The van der Waals surface area contributed by atoms with Crippen LogP contribution in [0.2, 0.25) is 0 Å². The fourth-order valence-corrected chi connectivity index (χ4v) is 2.67. The molecule has 0 spiro atoms. The van der Waals surface area contributed by atoms with E-state index in [1.807, 2.05) is 43.3 Å². The van der Waals surface area contributed by atoms with Gasteiger partial charge in [-0.05, 0) is 36.8 Å². The summed E-state index contributed by atoms with van der Waals surface area (Å²) >= 11 is 0. The summed E-state index contributed by atoms with van der Waals surface area (Å²) in [5.74, 6) is -0.309. The van der Waals surface area contributed by atoms with Crippen molar-refractivity contribution in [1.82, 2.24) is 4.98 Å². The van der Waals surface area contributed by atoms with Crippen LogP contribution in [0.25, 0.3) is 17.0 Å². The van der Waals surface area contributed by atoms with E-state index in [0.29, 0.717) is 16.7 Å². The second-order valence-electron chi connectivity index (χ2n) is 5.40. The van der Waals surface area contributed by atoms with E-state index >= 15 is 0 Å². The first-order valence-corrected chi connectivity index (χ1v) is 7.38. The van der Waals surface area contributed by atoms with Crippen LogP contribution in [0.3, 0.4) is 0 Å². The van der Waals surface area contributed by atoms with E-state index in [9.17, 15) is 10.1 Å². The molecule has 2 aromatic carbocycles. The molecule has 0 saturated carbocycles. The number of hydrogen-bond donors (Lipinski definition) is 1. The number of Topliss-reactive ketones (excluding diaryl/α,β-unsaturated/α-hetero) is 1. The van der Waals surface area contributed by atoms with Gasteiger partial charge in [0.05, 0.1) is 17.2 Å². The Hall–Kier alpha value is -3.63. The van der Waals surface area contributed by atoms with E-state index in [-0.39, 0.29) is 11.4 Å². The molecule has 0 aliphatic heterocycles. The summed E-state index contributed by atoms with van der Waals surface area (Å²) in [6.45, 7) is 1.82. The fraction of sp³-hybridized carbons (Fsp3) is 0.0500. The zero-order valence-corrected chi connectivity index (χ0v) is 13.0. The number of aromatic nitrogens is 1. The van der Waals surface area contributed by atoms with Crippen molar-refractivity contribution in [3.05, 3.63) is 76.5 Å². The first-order valence-electron chi connectivity index (χ1n) is 7.38. The number of hydrogen-bond acceptors (Lipinski definition) is 3. The minimum absolute atomic E-state index is 0.0626. The molecule has 24 heavy (non-hydrogen) atoms. The highest BCUT2D eigenvalue weighted by molar-refractivity contribution is 6.20. The van der Waals surface area contributed by atoms with E-state index in [1.165, 1.54) is 0 Å². The molecule has 0 bridgehead atoms. The van der Waals surface area contributed by atoms with Crippen molar-refractivity contribution in [2.45, 2.75) is 6.92 Å². The molecular formula is C20H13N3O. The fourth-order valence-electron chi connectivity index (χ4n) is 2.67. The molecule has 4 nitrogen and oxygen atoms in total. The Kier molecular flexibility index (Phi) is 3.97. The van der Waals surface area contributed by atoms with Gasteiger partial charge in [-0.1, -0.05) is 30.3 Å². The molecular weight excluding hydrogens is 298 g/mol. The zero-order valence-electron chi connectivity index (χ0n) is 13.0. The maximum absolute atomic E-state index is 12.8. The highest BCUT2D eigenvalue weighted by Gasteiger charge is 2.19. The minimum Gasteiger partial charge on any atom is -0.358 e. The Morgan fingerprint density at radius 1 is 1.08 bits per heavy atom. The lowest BCUT2D eigenvalue weighted by atomic mass is 9.99. The number of carbonyl (C=O) groups excluding carboxylic acids is 1. The van der Waals surface area contributed by atoms with Gasteiger partial charge in [0.1, 0.15) is 11.6 Å². The molecule has 0 radical (unpaired) electrons. The van der Waals surface area contributed by atoms with E-state index < -0.39 is 0 Å². The number of allylic oxidation sites excluding steroid dienone is 1. The highest BCUT2D eigenvalue weighted by atomic mass is 16.1. The van der Waals surface area contributed by atoms with Gasteiger partial charge >= 0.3 is 0 Å². The molecule has 1 heterocycles. The number of rotatable bonds is 3. The van der Waals surface area contributed by atoms with Gasteiger partial charge in [0.15, 0.2) is 0 Å². The lowest BCUT2D eigenvalue weighted by Gasteiger charge is -2.01. The first-order chi connectivity index (χ1) is 11.6. The standard InChI is InChI=1S/C20H13N3O/c1-13-19(17-4-2-3-5-18(17)23-13)20(24)16(12-22)10-14-6-8-15(11-21)9-7-14/h2-10,23H,1H3/b16-10+. The molecule has 0 aliphatic rings. The van der Waals surface area contributed by atoms with Crippen molar-refractivity contribution in [2.75, 3.05) is 0 Å². The number of aryl methyl sites for hydroxylation is 1. The average molecular weight is 311 g/mol. The molecule has 0 saturated heterocycles. The van der Waals surface area contributed by atoms with Crippen LogP contribution in [0.1, 0.15) is 27.2 Å².